The van der Waals surface area contributed by atoms with Crippen molar-refractivity contribution in [1.82, 2.24) is 9.88 Å². The molecule has 1 N–H and O–H groups in total. The van der Waals surface area contributed by atoms with Gasteiger partial charge in [-0.25, -0.2) is 0 Å². The molecule has 0 amide bonds. The number of piperidine rings is 1. The molecule has 0 aliphatic carbocycles. The molecule has 0 radical (unpaired) electrons. The van der Waals surface area contributed by atoms with Crippen LogP contribution < -0.4 is 18.9 Å². The first-order chi connectivity index (χ1) is 21.5. The number of aliphatic hydroxyl groups is 1. The van der Waals surface area contributed by atoms with Gasteiger partial charge in [0.1, 0.15) is 44.0 Å². The zero-order chi connectivity index (χ0) is 30.5. The van der Waals surface area contributed by atoms with E-state index in [2.05, 4.69) is 35.0 Å². The van der Waals surface area contributed by atoms with Crippen LogP contribution in [0.2, 0.25) is 5.02 Å². The number of nitrogens with zero attached hydrogens (tertiary/aromatic N) is 3. The van der Waals surface area contributed by atoms with Crippen molar-refractivity contribution in [1.29, 1.82) is 5.26 Å². The zero-order valence-corrected chi connectivity index (χ0v) is 25.3. The van der Waals surface area contributed by atoms with Gasteiger partial charge in [-0.1, -0.05) is 35.9 Å². The third kappa shape index (κ3) is 6.92. The van der Waals surface area contributed by atoms with E-state index < -0.39 is 0 Å². The average molecular weight is 612 g/mol. The van der Waals surface area contributed by atoms with Gasteiger partial charge in [0, 0.05) is 49.2 Å². The van der Waals surface area contributed by atoms with Crippen LogP contribution in [0.25, 0.3) is 11.1 Å². The van der Waals surface area contributed by atoms with E-state index in [0.717, 1.165) is 70.8 Å². The third-order valence-corrected chi connectivity index (χ3v) is 8.36. The molecular formula is C35H34ClN3O5. The predicted molar refractivity (Wildman–Crippen MR) is 167 cm³/mol. The van der Waals surface area contributed by atoms with Gasteiger partial charge in [0.25, 0.3) is 0 Å². The van der Waals surface area contributed by atoms with Gasteiger partial charge in [-0.15, -0.1) is 0 Å². The molecular weight excluding hydrogens is 578 g/mol. The van der Waals surface area contributed by atoms with Crippen molar-refractivity contribution in [2.45, 2.75) is 45.6 Å². The van der Waals surface area contributed by atoms with Crippen molar-refractivity contribution in [2.75, 3.05) is 26.3 Å². The monoisotopic (exact) mass is 611 g/mol. The lowest BCUT2D eigenvalue weighted by molar-refractivity contribution is 0.0787. The van der Waals surface area contributed by atoms with Crippen LogP contribution in [0.4, 0.5) is 0 Å². The molecule has 226 valence electrons. The Morgan fingerprint density at radius 2 is 1.75 bits per heavy atom. The van der Waals surface area contributed by atoms with Crippen LogP contribution >= 0.6 is 11.6 Å². The summed E-state index contributed by atoms with van der Waals surface area (Å²) < 4.78 is 24.1. The van der Waals surface area contributed by atoms with Crippen LogP contribution in [0.15, 0.2) is 67.0 Å². The van der Waals surface area contributed by atoms with Crippen LogP contribution in [-0.2, 0) is 19.8 Å². The van der Waals surface area contributed by atoms with Crippen LogP contribution in [0.1, 0.15) is 40.7 Å². The quantitative estimate of drug-likeness (QED) is 0.230. The van der Waals surface area contributed by atoms with Crippen LogP contribution in [0.5, 0.6) is 23.0 Å². The molecule has 3 aromatic carbocycles. The first-order valence-electron chi connectivity index (χ1n) is 14.8. The number of ether oxygens (including phenoxy) is 4. The van der Waals surface area contributed by atoms with Gasteiger partial charge in [-0.05, 0) is 66.3 Å². The number of fused-ring (bicyclic) bond motifs is 1. The third-order valence-electron chi connectivity index (χ3n) is 8.07. The van der Waals surface area contributed by atoms with Crippen LogP contribution in [0.3, 0.4) is 0 Å². The number of halogens is 1. The topological polar surface area (TPSA) is 97.1 Å². The molecule has 2 aliphatic heterocycles. The summed E-state index contributed by atoms with van der Waals surface area (Å²) in [5.74, 6) is 2.69. The lowest BCUT2D eigenvalue weighted by Crippen LogP contribution is -2.35. The first-order valence-corrected chi connectivity index (χ1v) is 15.2. The molecule has 0 bridgehead atoms. The van der Waals surface area contributed by atoms with E-state index in [1.165, 1.54) is 6.20 Å². The van der Waals surface area contributed by atoms with Crippen molar-refractivity contribution >= 4 is 11.6 Å². The van der Waals surface area contributed by atoms with E-state index in [-0.39, 0.29) is 12.7 Å². The summed E-state index contributed by atoms with van der Waals surface area (Å²) in [6.07, 6.45) is 4.44. The molecule has 44 heavy (non-hydrogen) atoms. The Kier molecular flexibility index (Phi) is 9.17. The summed E-state index contributed by atoms with van der Waals surface area (Å²) in [7, 11) is 0. The SMILES string of the molecule is Cc1c(COc2cc(OCc3cncc(C#N)c3)c(CN3CCC(O)CC3)cc2Cl)cccc1-c1ccc2c(c1)OCCO2. The lowest BCUT2D eigenvalue weighted by atomic mass is 9.96. The molecule has 0 unspecified atom stereocenters. The summed E-state index contributed by atoms with van der Waals surface area (Å²) in [6.45, 7) is 5.97. The Bertz CT molecular complexity index is 1680. The molecule has 4 aromatic rings. The highest BCUT2D eigenvalue weighted by molar-refractivity contribution is 6.32. The van der Waals surface area contributed by atoms with Crippen molar-refractivity contribution in [2.24, 2.45) is 0 Å². The van der Waals surface area contributed by atoms with Crippen molar-refractivity contribution in [3.05, 3.63) is 99.8 Å². The number of rotatable bonds is 9. The van der Waals surface area contributed by atoms with Gasteiger partial charge in [0.2, 0.25) is 0 Å². The standard InChI is InChI=1S/C35H34ClN3O5/c1-23-27(3-2-4-30(23)26-5-6-32-35(15-26)42-12-11-41-32)22-44-34-16-33(43-21-25-13-24(17-37)18-38-19-25)28(14-31(34)36)20-39-9-7-29(40)8-10-39/h2-6,13-16,18-19,29,40H,7-12,20-22H2,1H3. The Morgan fingerprint density at radius 3 is 2.57 bits per heavy atom. The Hall–Kier alpha value is -4.29. The largest absolute Gasteiger partial charge is 0.488 e. The lowest BCUT2D eigenvalue weighted by Gasteiger charge is -2.30. The minimum Gasteiger partial charge on any atom is -0.488 e. The van der Waals surface area contributed by atoms with Gasteiger partial charge < -0.3 is 24.1 Å². The summed E-state index contributed by atoms with van der Waals surface area (Å²) in [4.78, 5) is 6.44. The normalized spacial score (nSPS) is 15.0. The van der Waals surface area contributed by atoms with E-state index >= 15 is 0 Å². The average Bonchev–Trinajstić information content (AvgIpc) is 3.05. The zero-order valence-electron chi connectivity index (χ0n) is 24.6. The maximum Gasteiger partial charge on any atom is 0.161 e. The molecule has 2 aliphatic rings. The number of benzene rings is 3. The molecule has 0 atom stereocenters. The predicted octanol–water partition coefficient (Wildman–Crippen LogP) is 6.47. The van der Waals surface area contributed by atoms with Crippen LogP contribution in [-0.4, -0.2) is 47.4 Å². The van der Waals surface area contributed by atoms with E-state index in [0.29, 0.717) is 48.5 Å². The van der Waals surface area contributed by atoms with Gasteiger partial charge >= 0.3 is 0 Å². The van der Waals surface area contributed by atoms with E-state index in [4.69, 9.17) is 30.5 Å². The summed E-state index contributed by atoms with van der Waals surface area (Å²) >= 11 is 6.79. The number of hydrogen-bond acceptors (Lipinski definition) is 8. The Morgan fingerprint density at radius 1 is 0.955 bits per heavy atom. The highest BCUT2D eigenvalue weighted by Gasteiger charge is 2.21. The number of aromatic nitrogens is 1. The first kappa shape index (κ1) is 29.8. The van der Waals surface area contributed by atoms with Gasteiger partial charge in [-0.2, -0.15) is 5.26 Å². The second kappa shape index (κ2) is 13.6. The molecule has 8 nitrogen and oxygen atoms in total. The summed E-state index contributed by atoms with van der Waals surface area (Å²) in [5, 5.41) is 19.7. The number of nitriles is 1. The Balaban J connectivity index is 1.23. The molecule has 0 spiro atoms. The molecule has 0 saturated carbocycles. The van der Waals surface area contributed by atoms with Crippen LogP contribution in [0, 0.1) is 18.3 Å². The van der Waals surface area contributed by atoms with Gasteiger partial charge in [0.05, 0.1) is 16.7 Å². The molecule has 1 aromatic heterocycles. The molecule has 9 heteroatoms. The van der Waals surface area contributed by atoms with Crippen molar-refractivity contribution < 1.29 is 24.1 Å². The fourth-order valence-corrected chi connectivity index (χ4v) is 5.81. The fourth-order valence-electron chi connectivity index (χ4n) is 5.57. The molecule has 3 heterocycles. The minimum atomic E-state index is -0.252. The maximum atomic E-state index is 9.95. The Labute approximate surface area is 262 Å². The second-order valence-electron chi connectivity index (χ2n) is 11.1. The molecule has 1 fully saturated rings. The number of aliphatic hydroxyl groups excluding tert-OH is 1. The number of hydrogen-bond donors (Lipinski definition) is 1. The number of likely N-dealkylation sites (tertiary alicyclic amines) is 1. The fraction of sp³-hybridized carbons (Fsp3) is 0.314. The van der Waals surface area contributed by atoms with E-state index in [1.54, 1.807) is 12.3 Å². The summed E-state index contributed by atoms with van der Waals surface area (Å²) in [5.41, 5.74) is 6.48. The van der Waals surface area contributed by atoms with Crippen molar-refractivity contribution in [3.63, 3.8) is 0 Å². The summed E-state index contributed by atoms with van der Waals surface area (Å²) in [6, 6.07) is 19.8. The highest BCUT2D eigenvalue weighted by Crippen LogP contribution is 2.38. The molecule has 6 rings (SSSR count). The second-order valence-corrected chi connectivity index (χ2v) is 11.5. The van der Waals surface area contributed by atoms with Gasteiger partial charge in [-0.3, -0.25) is 9.88 Å². The van der Waals surface area contributed by atoms with Crippen molar-refractivity contribution in [3.8, 4) is 40.2 Å². The van der Waals surface area contributed by atoms with Gasteiger partial charge in [0.15, 0.2) is 11.5 Å². The maximum absolute atomic E-state index is 9.95. The molecule has 1 saturated heterocycles. The van der Waals surface area contributed by atoms with E-state index in [1.807, 2.05) is 36.4 Å². The minimum absolute atomic E-state index is 0.242. The highest BCUT2D eigenvalue weighted by atomic mass is 35.5. The number of pyridine rings is 1. The van der Waals surface area contributed by atoms with E-state index in [9.17, 15) is 10.4 Å². The smallest absolute Gasteiger partial charge is 0.161 e.